The minimum Gasteiger partial charge on any atom is -0.480 e. The van der Waals surface area contributed by atoms with Crippen molar-refractivity contribution in [2.45, 2.75) is 0 Å². The van der Waals surface area contributed by atoms with Crippen molar-refractivity contribution in [1.82, 2.24) is 4.98 Å². The Balaban J connectivity index is 2.74. The molecule has 0 aliphatic carbocycles. The van der Waals surface area contributed by atoms with Crippen molar-refractivity contribution in [3.05, 3.63) is 30.3 Å². The maximum Gasteiger partial charge on any atom is 0.237 e. The van der Waals surface area contributed by atoms with Crippen molar-refractivity contribution < 1.29 is 4.74 Å². The highest BCUT2D eigenvalue weighted by molar-refractivity contribution is 8.03. The normalized spacial score (nSPS) is 9.08. The number of anilines is 1. The molecule has 0 atom stereocenters. The van der Waals surface area contributed by atoms with Gasteiger partial charge in [-0.3, -0.25) is 0 Å². The lowest BCUT2D eigenvalue weighted by molar-refractivity contribution is 0.400. The molecule has 1 aromatic rings. The van der Waals surface area contributed by atoms with Crippen LogP contribution in [0.3, 0.4) is 0 Å². The number of methoxy groups -OCH3 is 1. The van der Waals surface area contributed by atoms with Crippen LogP contribution in [-0.2, 0) is 0 Å². The summed E-state index contributed by atoms with van der Waals surface area (Å²) in [6.07, 6.45) is 1.68. The second kappa shape index (κ2) is 4.66. The quantitative estimate of drug-likeness (QED) is 0.724. The number of nitrogens with zero attached hydrogens (tertiary/aromatic N) is 1. The van der Waals surface area contributed by atoms with Crippen LogP contribution in [0.1, 0.15) is 0 Å². The number of hydrogen-bond acceptors (Lipinski definition) is 4. The zero-order chi connectivity index (χ0) is 8.81. The van der Waals surface area contributed by atoms with Crippen LogP contribution in [0.15, 0.2) is 30.3 Å². The van der Waals surface area contributed by atoms with Crippen LogP contribution >= 0.6 is 11.9 Å². The largest absolute Gasteiger partial charge is 0.480 e. The fourth-order valence-electron chi connectivity index (χ4n) is 0.736. The lowest BCUT2D eigenvalue weighted by Gasteiger charge is -2.05. The van der Waals surface area contributed by atoms with E-state index in [4.69, 9.17) is 4.74 Å². The molecular formula is C8H10N2OS. The van der Waals surface area contributed by atoms with Crippen molar-refractivity contribution in [2.24, 2.45) is 0 Å². The van der Waals surface area contributed by atoms with Crippen LogP contribution in [0.5, 0.6) is 5.88 Å². The van der Waals surface area contributed by atoms with Gasteiger partial charge in [-0.2, -0.15) is 0 Å². The van der Waals surface area contributed by atoms with Crippen LogP contribution in [-0.4, -0.2) is 12.1 Å². The minimum absolute atomic E-state index is 0.590. The number of pyridine rings is 1. The molecule has 0 amide bonds. The highest BCUT2D eigenvalue weighted by Gasteiger charge is 1.99. The van der Waals surface area contributed by atoms with Gasteiger partial charge in [0.2, 0.25) is 5.88 Å². The van der Waals surface area contributed by atoms with Gasteiger partial charge in [-0.25, -0.2) is 4.98 Å². The zero-order valence-electron chi connectivity index (χ0n) is 6.78. The smallest absolute Gasteiger partial charge is 0.237 e. The fourth-order valence-corrected chi connectivity index (χ4v) is 1.10. The van der Waals surface area contributed by atoms with E-state index >= 15 is 0 Å². The van der Waals surface area contributed by atoms with E-state index in [2.05, 4.69) is 16.3 Å². The highest BCUT2D eigenvalue weighted by Crippen LogP contribution is 2.22. The molecule has 0 saturated carbocycles. The standard InChI is InChI=1S/C8H10N2OS/c1-3-12-10-7-5-4-6-9-8(7)11-2/h3-6,10H,1H2,2H3. The molecule has 4 heteroatoms. The van der Waals surface area contributed by atoms with Crippen LogP contribution < -0.4 is 9.46 Å². The van der Waals surface area contributed by atoms with Gasteiger partial charge in [-0.15, -0.1) is 0 Å². The van der Waals surface area contributed by atoms with E-state index in [1.165, 1.54) is 11.9 Å². The first-order valence-corrected chi connectivity index (χ1v) is 4.28. The molecule has 0 aromatic carbocycles. The molecule has 0 bridgehead atoms. The number of hydrogen-bond donors (Lipinski definition) is 1. The lowest BCUT2D eigenvalue weighted by atomic mass is 10.4. The van der Waals surface area contributed by atoms with Crippen molar-refractivity contribution >= 4 is 17.6 Å². The first-order chi connectivity index (χ1) is 5.88. The van der Waals surface area contributed by atoms with Gasteiger partial charge in [0.1, 0.15) is 5.69 Å². The highest BCUT2D eigenvalue weighted by atomic mass is 32.2. The van der Waals surface area contributed by atoms with Gasteiger partial charge >= 0.3 is 0 Å². The van der Waals surface area contributed by atoms with E-state index in [1.807, 2.05) is 12.1 Å². The Morgan fingerprint density at radius 3 is 3.25 bits per heavy atom. The molecule has 0 radical (unpaired) electrons. The number of ether oxygens (including phenoxy) is 1. The summed E-state index contributed by atoms with van der Waals surface area (Å²) in [6, 6.07) is 3.73. The van der Waals surface area contributed by atoms with Gasteiger partial charge in [-0.1, -0.05) is 6.58 Å². The molecule has 12 heavy (non-hydrogen) atoms. The maximum absolute atomic E-state index is 5.02. The Kier molecular flexibility index (Phi) is 3.47. The van der Waals surface area contributed by atoms with Crippen LogP contribution in [0.4, 0.5) is 5.69 Å². The molecule has 64 valence electrons. The molecule has 0 aliphatic rings. The lowest BCUT2D eigenvalue weighted by Crippen LogP contribution is -1.92. The average molecular weight is 182 g/mol. The first-order valence-electron chi connectivity index (χ1n) is 3.40. The summed E-state index contributed by atoms with van der Waals surface area (Å²) in [7, 11) is 1.59. The van der Waals surface area contributed by atoms with Gasteiger partial charge in [0, 0.05) is 6.20 Å². The van der Waals surface area contributed by atoms with E-state index < -0.39 is 0 Å². The van der Waals surface area contributed by atoms with E-state index in [-0.39, 0.29) is 0 Å². The van der Waals surface area contributed by atoms with Crippen molar-refractivity contribution in [2.75, 3.05) is 11.8 Å². The second-order valence-corrected chi connectivity index (χ2v) is 2.72. The van der Waals surface area contributed by atoms with Crippen LogP contribution in [0, 0.1) is 0 Å². The third-order valence-corrected chi connectivity index (χ3v) is 1.72. The third kappa shape index (κ3) is 2.17. The van der Waals surface area contributed by atoms with Crippen LogP contribution in [0.2, 0.25) is 0 Å². The molecule has 0 fully saturated rings. The molecule has 1 N–H and O–H groups in total. The molecular weight excluding hydrogens is 172 g/mol. The monoisotopic (exact) mass is 182 g/mol. The summed E-state index contributed by atoms with van der Waals surface area (Å²) in [5.74, 6) is 0.590. The number of nitrogens with one attached hydrogen (secondary N) is 1. The van der Waals surface area contributed by atoms with Crippen molar-refractivity contribution in [3.8, 4) is 5.88 Å². The predicted molar refractivity (Wildman–Crippen MR) is 52.2 cm³/mol. The Hall–Kier alpha value is -1.16. The Labute approximate surface area is 76.0 Å². The zero-order valence-corrected chi connectivity index (χ0v) is 7.60. The molecule has 0 spiro atoms. The predicted octanol–water partition coefficient (Wildman–Crippen LogP) is 2.29. The number of rotatable bonds is 4. The fraction of sp³-hybridized carbons (Fsp3) is 0.125. The summed E-state index contributed by atoms with van der Waals surface area (Å²) in [5, 5.41) is 1.70. The van der Waals surface area contributed by atoms with Crippen molar-refractivity contribution in [3.63, 3.8) is 0 Å². The molecule has 1 aromatic heterocycles. The van der Waals surface area contributed by atoms with E-state index in [9.17, 15) is 0 Å². The second-order valence-electron chi connectivity index (χ2n) is 1.95. The van der Waals surface area contributed by atoms with Crippen molar-refractivity contribution in [1.29, 1.82) is 0 Å². The van der Waals surface area contributed by atoms with E-state index in [0.29, 0.717) is 5.88 Å². The van der Waals surface area contributed by atoms with Gasteiger partial charge < -0.3 is 9.46 Å². The average Bonchev–Trinajstić information content (AvgIpc) is 2.15. The molecule has 0 unspecified atom stereocenters. The third-order valence-electron chi connectivity index (χ3n) is 1.22. The first kappa shape index (κ1) is 8.93. The van der Waals surface area contributed by atoms with E-state index in [1.54, 1.807) is 18.7 Å². The Morgan fingerprint density at radius 1 is 1.75 bits per heavy atom. The Morgan fingerprint density at radius 2 is 2.58 bits per heavy atom. The molecule has 1 heterocycles. The number of aromatic nitrogens is 1. The topological polar surface area (TPSA) is 34.2 Å². The van der Waals surface area contributed by atoms with Gasteiger partial charge in [0.05, 0.1) is 7.11 Å². The SMILES string of the molecule is C=CSNc1cccnc1OC. The summed E-state index contributed by atoms with van der Waals surface area (Å²) >= 11 is 1.38. The molecule has 3 nitrogen and oxygen atoms in total. The van der Waals surface area contributed by atoms with Crippen LogP contribution in [0.25, 0.3) is 0 Å². The van der Waals surface area contributed by atoms with Gasteiger partial charge in [0.25, 0.3) is 0 Å². The molecule has 0 saturated heterocycles. The summed E-state index contributed by atoms with van der Waals surface area (Å²) in [4.78, 5) is 4.02. The molecule has 1 rings (SSSR count). The Bertz CT molecular complexity index is 265. The molecule has 0 aliphatic heterocycles. The van der Waals surface area contributed by atoms with Gasteiger partial charge in [0.15, 0.2) is 0 Å². The summed E-state index contributed by atoms with van der Waals surface area (Å²) in [6.45, 7) is 3.57. The summed E-state index contributed by atoms with van der Waals surface area (Å²) < 4.78 is 8.05. The van der Waals surface area contributed by atoms with E-state index in [0.717, 1.165) is 5.69 Å². The maximum atomic E-state index is 5.02. The summed E-state index contributed by atoms with van der Waals surface area (Å²) in [5.41, 5.74) is 0.852. The minimum atomic E-state index is 0.590. The van der Waals surface area contributed by atoms with Gasteiger partial charge in [-0.05, 0) is 29.5 Å².